The standard InChI is InChI=1S/C17H21N3O3S/c1-11-6-5-7-14(12(11)2)10-20(4)17(21)16-8-15(24(18,22)23)9-19-13(16)3/h5-9H,10H2,1-4H3,(H2,18,22,23). The van der Waals surface area contributed by atoms with Gasteiger partial charge in [-0.1, -0.05) is 18.2 Å². The van der Waals surface area contributed by atoms with Crippen LogP contribution < -0.4 is 5.14 Å². The Labute approximate surface area is 142 Å². The lowest BCUT2D eigenvalue weighted by atomic mass is 10.0. The minimum atomic E-state index is -3.91. The van der Waals surface area contributed by atoms with Crippen molar-refractivity contribution in [3.05, 3.63) is 58.4 Å². The molecule has 128 valence electrons. The van der Waals surface area contributed by atoms with Gasteiger partial charge in [0.1, 0.15) is 4.90 Å². The zero-order valence-corrected chi connectivity index (χ0v) is 15.0. The van der Waals surface area contributed by atoms with Crippen LogP contribution in [-0.2, 0) is 16.6 Å². The maximum absolute atomic E-state index is 12.7. The topological polar surface area (TPSA) is 93.4 Å². The highest BCUT2D eigenvalue weighted by Crippen LogP contribution is 2.18. The van der Waals surface area contributed by atoms with Crippen molar-refractivity contribution in [2.24, 2.45) is 5.14 Å². The monoisotopic (exact) mass is 347 g/mol. The molecule has 1 heterocycles. The minimum Gasteiger partial charge on any atom is -0.337 e. The molecule has 0 aliphatic carbocycles. The molecule has 1 amide bonds. The summed E-state index contributed by atoms with van der Waals surface area (Å²) in [6, 6.07) is 7.21. The van der Waals surface area contributed by atoms with Crippen LogP contribution in [0.2, 0.25) is 0 Å². The lowest BCUT2D eigenvalue weighted by molar-refractivity contribution is 0.0783. The highest BCUT2D eigenvalue weighted by molar-refractivity contribution is 7.89. The quantitative estimate of drug-likeness (QED) is 0.914. The molecule has 0 bridgehead atoms. The molecule has 0 saturated heterocycles. The number of sulfonamides is 1. The van der Waals surface area contributed by atoms with Gasteiger partial charge in [0.15, 0.2) is 0 Å². The number of nitrogens with zero attached hydrogens (tertiary/aromatic N) is 2. The van der Waals surface area contributed by atoms with E-state index >= 15 is 0 Å². The van der Waals surface area contributed by atoms with E-state index in [-0.39, 0.29) is 16.4 Å². The van der Waals surface area contributed by atoms with E-state index in [9.17, 15) is 13.2 Å². The Kier molecular flexibility index (Phi) is 5.05. The van der Waals surface area contributed by atoms with Gasteiger partial charge in [-0.25, -0.2) is 13.6 Å². The van der Waals surface area contributed by atoms with Crippen molar-refractivity contribution >= 4 is 15.9 Å². The fourth-order valence-corrected chi connectivity index (χ4v) is 2.88. The molecule has 24 heavy (non-hydrogen) atoms. The van der Waals surface area contributed by atoms with E-state index in [1.165, 1.54) is 6.07 Å². The first-order valence-corrected chi connectivity index (χ1v) is 8.96. The molecule has 0 saturated carbocycles. The number of rotatable bonds is 4. The summed E-state index contributed by atoms with van der Waals surface area (Å²) in [5.74, 6) is -0.300. The number of hydrogen-bond donors (Lipinski definition) is 1. The van der Waals surface area contributed by atoms with E-state index in [4.69, 9.17) is 5.14 Å². The molecular formula is C17H21N3O3S. The summed E-state index contributed by atoms with van der Waals surface area (Å²) >= 11 is 0. The molecule has 0 fully saturated rings. The summed E-state index contributed by atoms with van der Waals surface area (Å²) in [7, 11) is -2.23. The van der Waals surface area contributed by atoms with Gasteiger partial charge in [-0.3, -0.25) is 9.78 Å². The van der Waals surface area contributed by atoms with E-state index in [2.05, 4.69) is 4.98 Å². The molecule has 1 aromatic carbocycles. The first-order valence-electron chi connectivity index (χ1n) is 7.41. The van der Waals surface area contributed by atoms with Gasteiger partial charge in [0.25, 0.3) is 5.91 Å². The van der Waals surface area contributed by atoms with E-state index in [1.807, 2.05) is 32.0 Å². The fourth-order valence-electron chi connectivity index (χ4n) is 2.40. The van der Waals surface area contributed by atoms with Crippen molar-refractivity contribution in [3.63, 3.8) is 0 Å². The SMILES string of the molecule is Cc1cccc(CN(C)C(=O)c2cc(S(N)(=O)=O)cnc2C)c1C. The predicted molar refractivity (Wildman–Crippen MR) is 92.1 cm³/mol. The van der Waals surface area contributed by atoms with Crippen LogP contribution in [0.3, 0.4) is 0 Å². The third kappa shape index (κ3) is 3.80. The van der Waals surface area contributed by atoms with E-state index in [0.717, 1.165) is 22.9 Å². The van der Waals surface area contributed by atoms with Crippen LogP contribution in [0.4, 0.5) is 0 Å². The van der Waals surface area contributed by atoms with Crippen molar-refractivity contribution in [1.29, 1.82) is 0 Å². The molecule has 2 rings (SSSR count). The summed E-state index contributed by atoms with van der Waals surface area (Å²) in [5, 5.41) is 5.12. The average molecular weight is 347 g/mol. The number of hydrogen-bond acceptors (Lipinski definition) is 4. The number of carbonyl (C=O) groups is 1. The van der Waals surface area contributed by atoms with Crippen molar-refractivity contribution < 1.29 is 13.2 Å². The summed E-state index contributed by atoms with van der Waals surface area (Å²) in [6.07, 6.45) is 1.16. The highest BCUT2D eigenvalue weighted by atomic mass is 32.2. The van der Waals surface area contributed by atoms with Crippen molar-refractivity contribution in [2.45, 2.75) is 32.2 Å². The molecule has 0 aliphatic heterocycles. The predicted octanol–water partition coefficient (Wildman–Crippen LogP) is 1.93. The van der Waals surface area contributed by atoms with E-state index in [0.29, 0.717) is 12.2 Å². The number of benzene rings is 1. The molecule has 0 spiro atoms. The van der Waals surface area contributed by atoms with Crippen LogP contribution in [0.15, 0.2) is 35.4 Å². The highest BCUT2D eigenvalue weighted by Gasteiger charge is 2.19. The summed E-state index contributed by atoms with van der Waals surface area (Å²) < 4.78 is 22.9. The first kappa shape index (κ1) is 18.1. The van der Waals surface area contributed by atoms with Gasteiger partial charge in [0.2, 0.25) is 10.0 Å². The fraction of sp³-hybridized carbons (Fsp3) is 0.294. The molecular weight excluding hydrogens is 326 g/mol. The number of primary sulfonamides is 1. The molecule has 1 aromatic heterocycles. The summed E-state index contributed by atoms with van der Waals surface area (Å²) in [6.45, 7) is 6.11. The second-order valence-corrected chi connectivity index (χ2v) is 7.43. The van der Waals surface area contributed by atoms with Crippen LogP contribution >= 0.6 is 0 Å². The van der Waals surface area contributed by atoms with Gasteiger partial charge >= 0.3 is 0 Å². The van der Waals surface area contributed by atoms with Crippen LogP contribution in [0.5, 0.6) is 0 Å². The van der Waals surface area contributed by atoms with Gasteiger partial charge in [-0.05, 0) is 43.5 Å². The number of pyridine rings is 1. The molecule has 0 atom stereocenters. The lowest BCUT2D eigenvalue weighted by Gasteiger charge is -2.20. The Morgan fingerprint density at radius 2 is 1.92 bits per heavy atom. The van der Waals surface area contributed by atoms with Gasteiger partial charge < -0.3 is 4.90 Å². The van der Waals surface area contributed by atoms with Gasteiger partial charge in [-0.2, -0.15) is 0 Å². The molecule has 2 aromatic rings. The number of aromatic nitrogens is 1. The second kappa shape index (κ2) is 6.70. The second-order valence-electron chi connectivity index (χ2n) is 5.87. The van der Waals surface area contributed by atoms with Crippen LogP contribution in [0, 0.1) is 20.8 Å². The Balaban J connectivity index is 2.33. The van der Waals surface area contributed by atoms with Gasteiger partial charge in [-0.15, -0.1) is 0 Å². The zero-order chi connectivity index (χ0) is 18.1. The molecule has 6 nitrogen and oxygen atoms in total. The van der Waals surface area contributed by atoms with Crippen LogP contribution in [0.25, 0.3) is 0 Å². The van der Waals surface area contributed by atoms with Gasteiger partial charge in [0.05, 0.1) is 11.3 Å². The number of amides is 1. The maximum atomic E-state index is 12.7. The summed E-state index contributed by atoms with van der Waals surface area (Å²) in [5.41, 5.74) is 4.02. The summed E-state index contributed by atoms with van der Waals surface area (Å²) in [4.78, 5) is 18.0. The molecule has 0 unspecified atom stereocenters. The van der Waals surface area contributed by atoms with Crippen molar-refractivity contribution in [1.82, 2.24) is 9.88 Å². The third-order valence-electron chi connectivity index (χ3n) is 4.09. The van der Waals surface area contributed by atoms with E-state index in [1.54, 1.807) is 18.9 Å². The largest absolute Gasteiger partial charge is 0.337 e. The molecule has 2 N–H and O–H groups in total. The van der Waals surface area contributed by atoms with Gasteiger partial charge in [0, 0.05) is 19.8 Å². The lowest BCUT2D eigenvalue weighted by Crippen LogP contribution is -2.28. The smallest absolute Gasteiger partial charge is 0.255 e. The Morgan fingerprint density at radius 1 is 1.25 bits per heavy atom. The van der Waals surface area contributed by atoms with Crippen LogP contribution in [0.1, 0.15) is 32.7 Å². The number of carbonyl (C=O) groups excluding carboxylic acids is 1. The third-order valence-corrected chi connectivity index (χ3v) is 4.97. The van der Waals surface area contributed by atoms with Crippen molar-refractivity contribution in [3.8, 4) is 0 Å². The molecule has 0 radical (unpaired) electrons. The molecule has 7 heteroatoms. The number of nitrogens with two attached hydrogens (primary N) is 1. The number of aryl methyl sites for hydroxylation is 2. The maximum Gasteiger partial charge on any atom is 0.255 e. The Hall–Kier alpha value is -2.25. The normalized spacial score (nSPS) is 11.4. The zero-order valence-electron chi connectivity index (χ0n) is 14.2. The average Bonchev–Trinajstić information content (AvgIpc) is 2.50. The van der Waals surface area contributed by atoms with Crippen LogP contribution in [-0.4, -0.2) is 31.3 Å². The van der Waals surface area contributed by atoms with E-state index < -0.39 is 10.0 Å². The van der Waals surface area contributed by atoms with Crippen molar-refractivity contribution in [2.75, 3.05) is 7.05 Å². The Morgan fingerprint density at radius 3 is 2.54 bits per heavy atom. The minimum absolute atomic E-state index is 0.170. The Bertz CT molecular complexity index is 892. The first-order chi connectivity index (χ1) is 11.1. The molecule has 0 aliphatic rings.